The molecule has 1 N–H and O–H groups in total. The second-order valence-corrected chi connectivity index (χ2v) is 8.77. The third kappa shape index (κ3) is 7.84. The second-order valence-electron chi connectivity index (χ2n) is 7.83. The molecule has 176 valence electrons. The number of amides is 1. The number of nitrogens with zero attached hydrogens (tertiary/aromatic N) is 4. The lowest BCUT2D eigenvalue weighted by Gasteiger charge is -2.27. The van der Waals surface area contributed by atoms with Crippen LogP contribution in [0, 0.1) is 5.82 Å². The first-order valence-corrected chi connectivity index (χ1v) is 12.0. The van der Waals surface area contributed by atoms with E-state index in [0.717, 1.165) is 44.8 Å². The van der Waals surface area contributed by atoms with Crippen LogP contribution >= 0.6 is 11.8 Å². The van der Waals surface area contributed by atoms with Crippen LogP contribution in [0.4, 0.5) is 4.39 Å². The molecule has 1 aliphatic heterocycles. The predicted octanol–water partition coefficient (Wildman–Crippen LogP) is 2.44. The molecule has 10 heteroatoms. The Morgan fingerprint density at radius 1 is 1.22 bits per heavy atom. The Kier molecular flexibility index (Phi) is 9.91. The summed E-state index contributed by atoms with van der Waals surface area (Å²) in [4.78, 5) is 14.6. The first-order valence-electron chi connectivity index (χ1n) is 11.0. The van der Waals surface area contributed by atoms with E-state index >= 15 is 0 Å². The molecule has 1 saturated heterocycles. The molecule has 2 heterocycles. The highest BCUT2D eigenvalue weighted by molar-refractivity contribution is 7.99. The van der Waals surface area contributed by atoms with Crippen molar-refractivity contribution < 1.29 is 18.7 Å². The third-order valence-corrected chi connectivity index (χ3v) is 5.96. The van der Waals surface area contributed by atoms with Gasteiger partial charge in [0.05, 0.1) is 25.1 Å². The number of nitrogens with one attached hydrogen (secondary N) is 1. The zero-order valence-electron chi connectivity index (χ0n) is 18.8. The van der Waals surface area contributed by atoms with Gasteiger partial charge in [-0.15, -0.1) is 10.2 Å². The summed E-state index contributed by atoms with van der Waals surface area (Å²) in [7, 11) is 0. The zero-order chi connectivity index (χ0) is 22.8. The first-order chi connectivity index (χ1) is 15.5. The van der Waals surface area contributed by atoms with E-state index in [1.165, 1.54) is 23.9 Å². The minimum absolute atomic E-state index is 0.0504. The number of ether oxygens (including phenoxy) is 2. The predicted molar refractivity (Wildman–Crippen MR) is 122 cm³/mol. The van der Waals surface area contributed by atoms with Gasteiger partial charge in [-0.2, -0.15) is 0 Å². The molecule has 1 amide bonds. The van der Waals surface area contributed by atoms with Gasteiger partial charge in [0, 0.05) is 44.9 Å². The summed E-state index contributed by atoms with van der Waals surface area (Å²) in [6.07, 6.45) is 0.972. The molecule has 32 heavy (non-hydrogen) atoms. The Bertz CT molecular complexity index is 841. The first kappa shape index (κ1) is 24.6. The van der Waals surface area contributed by atoms with E-state index in [-0.39, 0.29) is 23.6 Å². The number of benzene rings is 1. The maximum absolute atomic E-state index is 13.4. The van der Waals surface area contributed by atoms with Gasteiger partial charge in [0.2, 0.25) is 5.91 Å². The molecule has 0 aliphatic carbocycles. The molecule has 1 aromatic carbocycles. The van der Waals surface area contributed by atoms with Crippen LogP contribution in [0.1, 0.15) is 20.3 Å². The number of rotatable bonds is 12. The van der Waals surface area contributed by atoms with E-state index in [1.54, 1.807) is 12.1 Å². The number of thioether (sulfide) groups is 1. The summed E-state index contributed by atoms with van der Waals surface area (Å²) in [6.45, 7) is 9.93. The lowest BCUT2D eigenvalue weighted by molar-refractivity contribution is -0.118. The average Bonchev–Trinajstić information content (AvgIpc) is 3.19. The smallest absolute Gasteiger partial charge is 0.230 e. The Balaban J connectivity index is 1.59. The molecule has 0 atom stereocenters. The summed E-state index contributed by atoms with van der Waals surface area (Å²) in [5.74, 6) is 0.584. The van der Waals surface area contributed by atoms with E-state index in [9.17, 15) is 9.18 Å². The summed E-state index contributed by atoms with van der Waals surface area (Å²) < 4.78 is 26.3. The minimum atomic E-state index is -0.293. The molecule has 1 aromatic heterocycles. The van der Waals surface area contributed by atoms with Crippen molar-refractivity contribution in [2.45, 2.75) is 38.1 Å². The highest BCUT2D eigenvalue weighted by Crippen LogP contribution is 2.24. The maximum atomic E-state index is 13.4. The third-order valence-electron chi connectivity index (χ3n) is 4.99. The van der Waals surface area contributed by atoms with Crippen LogP contribution < -0.4 is 5.32 Å². The molecular weight excluding hydrogens is 433 g/mol. The van der Waals surface area contributed by atoms with Gasteiger partial charge in [0.25, 0.3) is 0 Å². The Morgan fingerprint density at radius 2 is 1.97 bits per heavy atom. The number of carbonyl (C=O) groups excluding carboxylic acids is 1. The molecule has 1 fully saturated rings. The number of aromatic nitrogens is 3. The maximum Gasteiger partial charge on any atom is 0.230 e. The zero-order valence-corrected chi connectivity index (χ0v) is 19.6. The highest BCUT2D eigenvalue weighted by atomic mass is 32.2. The van der Waals surface area contributed by atoms with E-state index in [1.807, 2.05) is 18.4 Å². The fraction of sp³-hybridized carbons (Fsp3) is 0.591. The van der Waals surface area contributed by atoms with E-state index in [2.05, 4.69) is 20.4 Å². The van der Waals surface area contributed by atoms with Gasteiger partial charge in [0.1, 0.15) is 5.82 Å². The molecule has 0 spiro atoms. The van der Waals surface area contributed by atoms with E-state index in [4.69, 9.17) is 9.47 Å². The Labute approximate surface area is 192 Å². The monoisotopic (exact) mass is 465 g/mol. The van der Waals surface area contributed by atoms with Gasteiger partial charge in [-0.3, -0.25) is 9.69 Å². The van der Waals surface area contributed by atoms with Crippen molar-refractivity contribution >= 4 is 17.7 Å². The van der Waals surface area contributed by atoms with Crippen molar-refractivity contribution in [1.82, 2.24) is 25.0 Å². The largest absolute Gasteiger partial charge is 0.379 e. The molecular formula is C22H32FN5O3S. The van der Waals surface area contributed by atoms with E-state index < -0.39 is 0 Å². The standard InChI is InChI=1S/C22H32FN5O3S/c1-17(2)31-13-3-8-24-20(29)16-32-22-26-25-21(18-4-6-19(23)7-5-18)28(22)10-9-27-11-14-30-15-12-27/h4-7,17H,3,8-16H2,1-2H3,(H,24,29). The summed E-state index contributed by atoms with van der Waals surface area (Å²) >= 11 is 1.36. The van der Waals surface area contributed by atoms with Crippen molar-refractivity contribution in [1.29, 1.82) is 0 Å². The highest BCUT2D eigenvalue weighted by Gasteiger charge is 2.18. The van der Waals surface area contributed by atoms with Crippen molar-refractivity contribution in [3.63, 3.8) is 0 Å². The van der Waals surface area contributed by atoms with Crippen LogP contribution in [-0.4, -0.2) is 83.4 Å². The van der Waals surface area contributed by atoms with Crippen LogP contribution in [0.25, 0.3) is 11.4 Å². The normalized spacial score (nSPS) is 14.8. The second kappa shape index (κ2) is 12.9. The van der Waals surface area contributed by atoms with Crippen molar-refractivity contribution in [3.8, 4) is 11.4 Å². The minimum Gasteiger partial charge on any atom is -0.379 e. The lowest BCUT2D eigenvalue weighted by Crippen LogP contribution is -2.38. The summed E-state index contributed by atoms with van der Waals surface area (Å²) in [5, 5.41) is 12.2. The number of halogens is 1. The average molecular weight is 466 g/mol. The SMILES string of the molecule is CC(C)OCCCNC(=O)CSc1nnc(-c2ccc(F)cc2)n1CCN1CCOCC1. The fourth-order valence-corrected chi connectivity index (χ4v) is 4.07. The lowest BCUT2D eigenvalue weighted by atomic mass is 10.2. The number of hydrogen-bond donors (Lipinski definition) is 1. The molecule has 3 rings (SSSR count). The number of morpholine rings is 1. The van der Waals surface area contributed by atoms with Gasteiger partial charge in [-0.25, -0.2) is 4.39 Å². The van der Waals surface area contributed by atoms with Crippen molar-refractivity contribution in [2.24, 2.45) is 0 Å². The van der Waals surface area contributed by atoms with Gasteiger partial charge in [0.15, 0.2) is 11.0 Å². The van der Waals surface area contributed by atoms with Gasteiger partial charge in [-0.1, -0.05) is 11.8 Å². The quantitative estimate of drug-likeness (QED) is 0.381. The molecule has 0 unspecified atom stereocenters. The van der Waals surface area contributed by atoms with Crippen LogP contribution in [0.3, 0.4) is 0 Å². The van der Waals surface area contributed by atoms with Gasteiger partial charge >= 0.3 is 0 Å². The summed E-state index contributed by atoms with van der Waals surface area (Å²) in [5.41, 5.74) is 0.794. The molecule has 8 nitrogen and oxygen atoms in total. The summed E-state index contributed by atoms with van der Waals surface area (Å²) in [6, 6.07) is 6.23. The van der Waals surface area contributed by atoms with Crippen molar-refractivity contribution in [2.75, 3.05) is 51.8 Å². The Morgan fingerprint density at radius 3 is 2.69 bits per heavy atom. The molecule has 0 saturated carbocycles. The van der Waals surface area contributed by atoms with Crippen LogP contribution in [-0.2, 0) is 20.8 Å². The van der Waals surface area contributed by atoms with Crippen LogP contribution in [0.5, 0.6) is 0 Å². The molecule has 0 bridgehead atoms. The number of carbonyl (C=O) groups is 1. The molecule has 2 aromatic rings. The van der Waals surface area contributed by atoms with Gasteiger partial charge in [-0.05, 0) is 44.5 Å². The fourth-order valence-electron chi connectivity index (χ4n) is 3.28. The van der Waals surface area contributed by atoms with Gasteiger partial charge < -0.3 is 19.4 Å². The molecule has 1 aliphatic rings. The Hall–Kier alpha value is -2.01. The topological polar surface area (TPSA) is 81.5 Å². The van der Waals surface area contributed by atoms with E-state index in [0.29, 0.717) is 30.7 Å². The van der Waals surface area contributed by atoms with Crippen LogP contribution in [0.2, 0.25) is 0 Å². The number of hydrogen-bond acceptors (Lipinski definition) is 7. The van der Waals surface area contributed by atoms with Crippen molar-refractivity contribution in [3.05, 3.63) is 30.1 Å². The molecule has 0 radical (unpaired) electrons. The van der Waals surface area contributed by atoms with Crippen LogP contribution in [0.15, 0.2) is 29.4 Å².